The highest BCUT2D eigenvalue weighted by Crippen LogP contribution is 2.56. The summed E-state index contributed by atoms with van der Waals surface area (Å²) < 4.78 is 38.3. The summed E-state index contributed by atoms with van der Waals surface area (Å²) in [5.41, 5.74) is 16.0. The molecule has 0 radical (unpaired) electrons. The second-order valence-corrected chi connectivity index (χ2v) is 26.7. The zero-order valence-electron chi connectivity index (χ0n) is 47.3. The van der Waals surface area contributed by atoms with Crippen LogP contribution >= 0.6 is 0 Å². The molecule has 2 aliphatic carbocycles. The quantitative estimate of drug-likeness (QED) is 0.156. The van der Waals surface area contributed by atoms with Crippen LogP contribution in [0.25, 0.3) is 87.2 Å². The van der Waals surface area contributed by atoms with Gasteiger partial charge in [0.15, 0.2) is 5.78 Å². The largest absolute Gasteiger partial charge is 0.497 e. The lowest BCUT2D eigenvalue weighted by Crippen LogP contribution is -2.23. The van der Waals surface area contributed by atoms with Crippen molar-refractivity contribution in [2.75, 3.05) is 14.2 Å². The lowest BCUT2D eigenvalue weighted by atomic mass is 9.97. The van der Waals surface area contributed by atoms with E-state index >= 15 is 0 Å². The summed E-state index contributed by atoms with van der Waals surface area (Å²) in [4.78, 5) is 46.3. The zero-order chi connectivity index (χ0) is 56.8. The summed E-state index contributed by atoms with van der Waals surface area (Å²) in [5, 5.41) is 8.88. The first-order valence-corrected chi connectivity index (χ1v) is 30.4. The topological polar surface area (TPSA) is 125 Å². The predicted octanol–water partition coefficient (Wildman–Crippen LogP) is 14.4. The van der Waals surface area contributed by atoms with Crippen LogP contribution in [-0.2, 0) is 42.0 Å². The molecule has 4 bridgehead atoms. The van der Waals surface area contributed by atoms with Gasteiger partial charge in [0.05, 0.1) is 70.0 Å². The first-order chi connectivity index (χ1) is 40.9. The van der Waals surface area contributed by atoms with Gasteiger partial charge in [-0.15, -0.1) is 0 Å². The maximum atomic E-state index is 14.5. The number of ether oxygens (including phenoxy) is 2. The number of benzene rings is 8. The molecule has 8 heterocycles. The molecular formula is C70H59N7O6S. The fraction of sp³-hybridized carbons (Fsp3) is 0.257. The SMILES string of the molecule is COc1ccc(CN2Cc3c(c4c5ccccc5n5c4c4c3c3ccccc3n4[C@@H]3C[C@H]5CC3=NS(=O)C(C)(C)C)C2=O)cc1.COc1ccc(CN2Cc3c(c4c5ccccc5n5c4c4c3c3ccccc3n4[C@@H]3C[C@H]5CC3=O)C2=O)cc1. The second-order valence-electron chi connectivity index (χ2n) is 24.8. The van der Waals surface area contributed by atoms with Gasteiger partial charge in [-0.1, -0.05) is 97.1 Å². The van der Waals surface area contributed by atoms with Crippen LogP contribution in [-0.4, -0.2) is 74.6 Å². The van der Waals surface area contributed by atoms with Crippen molar-refractivity contribution in [2.24, 2.45) is 4.40 Å². The molecule has 416 valence electrons. The third kappa shape index (κ3) is 6.74. The third-order valence-corrected chi connectivity index (χ3v) is 20.7. The molecule has 2 fully saturated rings. The predicted molar refractivity (Wildman–Crippen MR) is 333 cm³/mol. The van der Waals surface area contributed by atoms with Gasteiger partial charge in [0.25, 0.3) is 11.8 Å². The Labute approximate surface area is 485 Å². The number of para-hydroxylation sites is 4. The number of Topliss-reactive ketones (excluding diaryl/α,β-unsaturated/α-hetero) is 1. The highest BCUT2D eigenvalue weighted by Gasteiger charge is 2.46. The minimum Gasteiger partial charge on any atom is -0.497 e. The lowest BCUT2D eigenvalue weighted by molar-refractivity contribution is -0.120. The number of aromatic nitrogens is 4. The number of carbonyl (C=O) groups excluding carboxylic acids is 3. The number of amides is 2. The van der Waals surface area contributed by atoms with Crippen molar-refractivity contribution in [3.8, 4) is 11.5 Å². The zero-order valence-corrected chi connectivity index (χ0v) is 48.1. The molecule has 4 aromatic heterocycles. The molecule has 18 rings (SSSR count). The van der Waals surface area contributed by atoms with Crippen molar-refractivity contribution < 1.29 is 28.1 Å². The highest BCUT2D eigenvalue weighted by atomic mass is 32.2. The molecule has 6 aliphatic rings. The van der Waals surface area contributed by atoms with E-state index in [-0.39, 0.29) is 36.0 Å². The van der Waals surface area contributed by atoms with Crippen LogP contribution in [0.2, 0.25) is 0 Å². The minimum absolute atomic E-state index is 0.00359. The first kappa shape index (κ1) is 49.6. The summed E-state index contributed by atoms with van der Waals surface area (Å²) in [7, 11) is 1.98. The van der Waals surface area contributed by atoms with Gasteiger partial charge >= 0.3 is 0 Å². The van der Waals surface area contributed by atoms with E-state index in [1.165, 1.54) is 5.52 Å². The fourth-order valence-corrected chi connectivity index (χ4v) is 16.5. The molecule has 13 nitrogen and oxygen atoms in total. The van der Waals surface area contributed by atoms with Crippen molar-refractivity contribution in [1.29, 1.82) is 0 Å². The van der Waals surface area contributed by atoms with Crippen LogP contribution in [0.15, 0.2) is 150 Å². The minimum atomic E-state index is -1.35. The second kappa shape index (κ2) is 17.8. The van der Waals surface area contributed by atoms with Crippen LogP contribution < -0.4 is 9.47 Å². The molecule has 12 aromatic rings. The Morgan fingerprint density at radius 3 is 1.31 bits per heavy atom. The molecule has 0 spiro atoms. The number of nitrogens with zero attached hydrogens (tertiary/aromatic N) is 7. The van der Waals surface area contributed by atoms with Crippen LogP contribution in [0.1, 0.15) is 114 Å². The van der Waals surface area contributed by atoms with Gasteiger partial charge in [-0.2, -0.15) is 4.40 Å². The normalized spacial score (nSPS) is 20.3. The Morgan fingerprint density at radius 2 is 0.869 bits per heavy atom. The maximum absolute atomic E-state index is 14.5. The van der Waals surface area contributed by atoms with Crippen molar-refractivity contribution >= 4 is 122 Å². The van der Waals surface area contributed by atoms with Crippen LogP contribution in [0.3, 0.4) is 0 Å². The van der Waals surface area contributed by atoms with Crippen molar-refractivity contribution in [3.63, 3.8) is 0 Å². The standard InChI is InChI=1S/C37H34N4O3S.C33H25N3O3/c1-37(2,3)45(43)38-27-17-22-18-30(27)41-29-12-8-5-9-24(29)31-26-20-39(19-21-13-15-23(44-4)16-14-21)36(42)33(26)32-25-10-6-7-11-28(25)40(22)35(32)34(31)41;1-39-20-12-10-18(11-13-20)16-34-17-23-28-21-6-2-5-9-25(21)36-26-14-19(15-27(26)37)35-24-8-4-3-7-22(24)29(30(23)33(34)38)32(35)31(28)36/h5-16,22,30H,17-20H2,1-4H3;2-13,19,26H,14-17H2,1H3/t22-,30-,45?;19-,26+/m10/s1. The van der Waals surface area contributed by atoms with Gasteiger partial charge in [0.1, 0.15) is 22.5 Å². The maximum Gasteiger partial charge on any atom is 0.255 e. The lowest BCUT2D eigenvalue weighted by Gasteiger charge is -2.20. The van der Waals surface area contributed by atoms with E-state index in [1.54, 1.807) is 14.2 Å². The third-order valence-electron chi connectivity index (χ3n) is 19.3. The summed E-state index contributed by atoms with van der Waals surface area (Å²) in [6.45, 7) is 8.10. The molecule has 4 aliphatic heterocycles. The van der Waals surface area contributed by atoms with Crippen LogP contribution in [0.4, 0.5) is 0 Å². The Morgan fingerprint density at radius 1 is 0.488 bits per heavy atom. The smallest absolute Gasteiger partial charge is 0.255 e. The Balaban J connectivity index is 0.000000134. The van der Waals surface area contributed by atoms with Gasteiger partial charge in [-0.3, -0.25) is 14.4 Å². The van der Waals surface area contributed by atoms with Crippen molar-refractivity contribution in [3.05, 3.63) is 179 Å². The molecule has 84 heavy (non-hydrogen) atoms. The average Bonchev–Trinajstić information content (AvgIpc) is 2.86. The number of hydrogen-bond acceptors (Lipinski definition) is 6. The van der Waals surface area contributed by atoms with Crippen LogP contribution in [0, 0.1) is 0 Å². The van der Waals surface area contributed by atoms with Crippen molar-refractivity contribution in [1.82, 2.24) is 28.1 Å². The molecule has 1 unspecified atom stereocenters. The number of carbonyl (C=O) groups is 3. The van der Waals surface area contributed by atoms with Gasteiger partial charge in [0, 0.05) is 116 Å². The van der Waals surface area contributed by atoms with Gasteiger partial charge in [0.2, 0.25) is 0 Å². The van der Waals surface area contributed by atoms with Gasteiger partial charge in [-0.05, 0) is 104 Å². The summed E-state index contributed by atoms with van der Waals surface area (Å²) in [5.74, 6) is 2.07. The summed E-state index contributed by atoms with van der Waals surface area (Å²) in [6, 6.07) is 49.9. The fourth-order valence-electron chi connectivity index (χ4n) is 15.8. The summed E-state index contributed by atoms with van der Waals surface area (Å²) in [6.07, 6.45) is 2.93. The number of hydrogen-bond donors (Lipinski definition) is 0. The van der Waals surface area contributed by atoms with E-state index in [4.69, 9.17) is 13.9 Å². The van der Waals surface area contributed by atoms with E-state index < -0.39 is 15.7 Å². The molecule has 14 heteroatoms. The molecule has 2 amide bonds. The Hall–Kier alpha value is -9.01. The van der Waals surface area contributed by atoms with Crippen LogP contribution in [0.5, 0.6) is 11.5 Å². The number of ketones is 1. The van der Waals surface area contributed by atoms with Gasteiger partial charge < -0.3 is 37.5 Å². The molecule has 5 atom stereocenters. The number of rotatable bonds is 7. The van der Waals surface area contributed by atoms with E-state index in [9.17, 15) is 18.6 Å². The van der Waals surface area contributed by atoms with E-state index in [0.29, 0.717) is 38.4 Å². The van der Waals surface area contributed by atoms with Gasteiger partial charge in [-0.25, -0.2) is 4.21 Å². The van der Waals surface area contributed by atoms with Crippen molar-refractivity contribution in [2.45, 2.75) is 102 Å². The molecular weight excluding hydrogens is 1070 g/mol. The highest BCUT2D eigenvalue weighted by molar-refractivity contribution is 7.85. The van der Waals surface area contributed by atoms with E-state index in [0.717, 1.165) is 152 Å². The molecule has 2 saturated carbocycles. The molecule has 0 saturated heterocycles. The Kier molecular flexibility index (Phi) is 10.5. The monoisotopic (exact) mass is 1130 g/mol. The molecule has 8 aromatic carbocycles. The van der Waals surface area contributed by atoms with E-state index in [2.05, 4.69) is 115 Å². The summed E-state index contributed by atoms with van der Waals surface area (Å²) >= 11 is 0. The Bertz CT molecular complexity index is 5000. The van der Waals surface area contributed by atoms with E-state index in [1.807, 2.05) is 79.1 Å². The molecule has 0 N–H and O–H groups in total. The first-order valence-electron chi connectivity index (χ1n) is 29.2. The number of methoxy groups -OCH3 is 2. The number of fused-ring (bicyclic) bond motifs is 26. The average molecular weight is 1130 g/mol.